The smallest absolute Gasteiger partial charge is 0.319 e. The maximum Gasteiger partial charge on any atom is 0.319 e. The summed E-state index contributed by atoms with van der Waals surface area (Å²) in [6, 6.07) is 9.39. The minimum Gasteiger partial charge on any atom is -0.338 e. The third kappa shape index (κ3) is 3.37. The van der Waals surface area contributed by atoms with Crippen LogP contribution in [0.2, 0.25) is 0 Å². The summed E-state index contributed by atoms with van der Waals surface area (Å²) in [7, 11) is 0. The molecule has 0 saturated carbocycles. The van der Waals surface area contributed by atoms with Crippen LogP contribution in [0, 0.1) is 6.92 Å². The molecule has 2 aromatic heterocycles. The Labute approximate surface area is 155 Å². The zero-order valence-corrected chi connectivity index (χ0v) is 15.0. The van der Waals surface area contributed by atoms with E-state index in [1.165, 1.54) is 0 Å². The normalized spacial score (nSPS) is 10.9. The summed E-state index contributed by atoms with van der Waals surface area (Å²) in [6.07, 6.45) is 3.54. The highest BCUT2D eigenvalue weighted by atomic mass is 16.2. The molecule has 0 saturated heterocycles. The van der Waals surface area contributed by atoms with Crippen molar-refractivity contribution >= 4 is 45.2 Å². The average molecular weight is 361 g/mol. The second-order valence-electron chi connectivity index (χ2n) is 6.15. The van der Waals surface area contributed by atoms with E-state index in [4.69, 9.17) is 0 Å². The molecule has 0 atom stereocenters. The molecule has 27 heavy (non-hydrogen) atoms. The fourth-order valence-electron chi connectivity index (χ4n) is 2.91. The van der Waals surface area contributed by atoms with Gasteiger partial charge in [0.15, 0.2) is 0 Å². The maximum absolute atomic E-state index is 11.8. The fraction of sp³-hybridized carbons (Fsp3) is 0.158. The van der Waals surface area contributed by atoms with Crippen molar-refractivity contribution in [3.63, 3.8) is 0 Å². The first-order chi connectivity index (χ1) is 13.1. The van der Waals surface area contributed by atoms with Crippen LogP contribution in [0.25, 0.3) is 21.8 Å². The van der Waals surface area contributed by atoms with Crippen molar-refractivity contribution in [2.45, 2.75) is 13.8 Å². The highest BCUT2D eigenvalue weighted by Crippen LogP contribution is 2.26. The topological polar surface area (TPSA) is 108 Å². The Morgan fingerprint density at radius 2 is 2.00 bits per heavy atom. The molecule has 0 bridgehead atoms. The van der Waals surface area contributed by atoms with Gasteiger partial charge in [0.05, 0.1) is 17.2 Å². The summed E-state index contributed by atoms with van der Waals surface area (Å²) in [6.45, 7) is 4.37. The van der Waals surface area contributed by atoms with E-state index in [9.17, 15) is 4.79 Å². The van der Waals surface area contributed by atoms with Gasteiger partial charge < -0.3 is 16.0 Å². The van der Waals surface area contributed by atoms with Crippen molar-refractivity contribution in [3.05, 3.63) is 48.3 Å². The summed E-state index contributed by atoms with van der Waals surface area (Å²) >= 11 is 0. The molecular weight excluding hydrogens is 342 g/mol. The molecule has 4 aromatic rings. The number of rotatable bonds is 4. The second-order valence-corrected chi connectivity index (χ2v) is 6.15. The van der Waals surface area contributed by atoms with Crippen molar-refractivity contribution in [2.75, 3.05) is 17.2 Å². The predicted octanol–water partition coefficient (Wildman–Crippen LogP) is 3.70. The number of nitrogens with one attached hydrogen (secondary N) is 4. The lowest BCUT2D eigenvalue weighted by Gasteiger charge is -2.12. The average Bonchev–Trinajstić information content (AvgIpc) is 3.12. The monoisotopic (exact) mass is 361 g/mol. The van der Waals surface area contributed by atoms with E-state index in [0.717, 1.165) is 38.7 Å². The van der Waals surface area contributed by atoms with Gasteiger partial charge in [-0.1, -0.05) is 0 Å². The molecule has 0 spiro atoms. The van der Waals surface area contributed by atoms with E-state index >= 15 is 0 Å². The number of hydrogen-bond acceptors (Lipinski definition) is 5. The molecule has 0 unspecified atom stereocenters. The van der Waals surface area contributed by atoms with Crippen molar-refractivity contribution < 1.29 is 4.79 Å². The SMILES string of the molecule is CCNC(=O)Nc1ccc2cnc(Nc3ccc4cn[nH]c4c3)nc2c1C. The van der Waals surface area contributed by atoms with Crippen molar-refractivity contribution in [1.29, 1.82) is 0 Å². The van der Waals surface area contributed by atoms with E-state index in [1.807, 2.05) is 44.2 Å². The Bertz CT molecular complexity index is 1140. The van der Waals surface area contributed by atoms with E-state index < -0.39 is 0 Å². The Balaban J connectivity index is 1.65. The third-order valence-electron chi connectivity index (χ3n) is 4.29. The van der Waals surface area contributed by atoms with Crippen LogP contribution in [0.3, 0.4) is 0 Å². The highest BCUT2D eigenvalue weighted by molar-refractivity contribution is 5.95. The number of amides is 2. The van der Waals surface area contributed by atoms with E-state index in [0.29, 0.717) is 12.5 Å². The molecule has 0 radical (unpaired) electrons. The van der Waals surface area contributed by atoms with Crippen LogP contribution < -0.4 is 16.0 Å². The van der Waals surface area contributed by atoms with Gasteiger partial charge in [-0.3, -0.25) is 5.10 Å². The summed E-state index contributed by atoms with van der Waals surface area (Å²) in [5.74, 6) is 0.486. The number of aryl methyl sites for hydroxylation is 1. The van der Waals surface area contributed by atoms with Crippen LogP contribution in [0.1, 0.15) is 12.5 Å². The molecule has 4 N–H and O–H groups in total. The second kappa shape index (κ2) is 6.91. The quantitative estimate of drug-likeness (QED) is 0.443. The Hall–Kier alpha value is -3.68. The number of benzene rings is 2. The van der Waals surface area contributed by atoms with Gasteiger partial charge in [-0.15, -0.1) is 0 Å². The van der Waals surface area contributed by atoms with Gasteiger partial charge in [0, 0.05) is 34.9 Å². The number of aromatic nitrogens is 4. The number of anilines is 3. The summed E-state index contributed by atoms with van der Waals surface area (Å²) in [5.41, 5.74) is 4.18. The molecular formula is C19H19N7O. The molecule has 0 fully saturated rings. The number of carbonyl (C=O) groups excluding carboxylic acids is 1. The van der Waals surface area contributed by atoms with Crippen LogP contribution in [-0.4, -0.2) is 32.7 Å². The van der Waals surface area contributed by atoms with Crippen LogP contribution in [0.15, 0.2) is 42.7 Å². The number of H-pyrrole nitrogens is 1. The third-order valence-corrected chi connectivity index (χ3v) is 4.29. The van der Waals surface area contributed by atoms with Gasteiger partial charge in [-0.05, 0) is 49.7 Å². The number of nitrogens with zero attached hydrogens (tertiary/aromatic N) is 3. The minimum absolute atomic E-state index is 0.236. The molecule has 4 rings (SSSR count). The molecule has 2 heterocycles. The lowest BCUT2D eigenvalue weighted by Crippen LogP contribution is -2.28. The molecule has 136 valence electrons. The van der Waals surface area contributed by atoms with Gasteiger partial charge in [-0.25, -0.2) is 14.8 Å². The van der Waals surface area contributed by atoms with Gasteiger partial charge in [0.1, 0.15) is 0 Å². The molecule has 2 aromatic carbocycles. The van der Waals surface area contributed by atoms with Gasteiger partial charge in [0.2, 0.25) is 5.95 Å². The minimum atomic E-state index is -0.236. The van der Waals surface area contributed by atoms with Crippen LogP contribution in [0.5, 0.6) is 0 Å². The number of urea groups is 1. The predicted molar refractivity (Wildman–Crippen MR) is 106 cm³/mol. The zero-order valence-electron chi connectivity index (χ0n) is 15.0. The van der Waals surface area contributed by atoms with E-state index in [2.05, 4.69) is 36.1 Å². The Kier molecular flexibility index (Phi) is 4.29. The van der Waals surface area contributed by atoms with Crippen molar-refractivity contribution in [2.24, 2.45) is 0 Å². The first-order valence-electron chi connectivity index (χ1n) is 8.65. The molecule has 0 aliphatic rings. The molecule has 0 aliphatic heterocycles. The molecule has 0 aliphatic carbocycles. The van der Waals surface area contributed by atoms with E-state index in [1.54, 1.807) is 12.4 Å². The molecule has 2 amide bonds. The lowest BCUT2D eigenvalue weighted by atomic mass is 10.1. The summed E-state index contributed by atoms with van der Waals surface area (Å²) in [4.78, 5) is 20.8. The number of carbonyl (C=O) groups is 1. The first kappa shape index (κ1) is 16.8. The zero-order chi connectivity index (χ0) is 18.8. The van der Waals surface area contributed by atoms with Crippen molar-refractivity contribution in [3.8, 4) is 0 Å². The summed E-state index contributed by atoms with van der Waals surface area (Å²) in [5, 5.41) is 17.7. The van der Waals surface area contributed by atoms with Crippen molar-refractivity contribution in [1.82, 2.24) is 25.5 Å². The van der Waals surface area contributed by atoms with Gasteiger partial charge >= 0.3 is 6.03 Å². The van der Waals surface area contributed by atoms with Gasteiger partial charge in [0.25, 0.3) is 0 Å². The highest BCUT2D eigenvalue weighted by Gasteiger charge is 2.10. The Morgan fingerprint density at radius 1 is 1.15 bits per heavy atom. The van der Waals surface area contributed by atoms with Crippen LogP contribution in [0.4, 0.5) is 22.1 Å². The number of hydrogen-bond donors (Lipinski definition) is 4. The van der Waals surface area contributed by atoms with E-state index in [-0.39, 0.29) is 6.03 Å². The molecule has 8 nitrogen and oxygen atoms in total. The Morgan fingerprint density at radius 3 is 2.85 bits per heavy atom. The summed E-state index contributed by atoms with van der Waals surface area (Å²) < 4.78 is 0. The number of fused-ring (bicyclic) bond motifs is 2. The van der Waals surface area contributed by atoms with Crippen LogP contribution >= 0.6 is 0 Å². The van der Waals surface area contributed by atoms with Gasteiger partial charge in [-0.2, -0.15) is 5.10 Å². The number of aromatic amines is 1. The fourth-order valence-corrected chi connectivity index (χ4v) is 2.91. The maximum atomic E-state index is 11.8. The largest absolute Gasteiger partial charge is 0.338 e. The molecule has 8 heteroatoms. The first-order valence-corrected chi connectivity index (χ1v) is 8.65. The standard InChI is InChI=1S/C19H19N7O/c1-3-20-19(27)24-15-7-5-13-9-21-18(25-17(13)11(15)2)23-14-6-4-12-10-22-26-16(12)8-14/h4-10H,3H2,1-2H3,(H,22,26)(H2,20,24,27)(H,21,23,25). The van der Waals surface area contributed by atoms with Crippen LogP contribution in [-0.2, 0) is 0 Å². The lowest BCUT2D eigenvalue weighted by molar-refractivity contribution is 0.252.